The third kappa shape index (κ3) is 3.80. The second-order valence-electron chi connectivity index (χ2n) is 5.27. The van der Waals surface area contributed by atoms with Gasteiger partial charge in [-0.25, -0.2) is 8.42 Å². The van der Waals surface area contributed by atoms with Crippen LogP contribution in [0.5, 0.6) is 5.75 Å². The van der Waals surface area contributed by atoms with E-state index in [9.17, 15) is 8.42 Å². The van der Waals surface area contributed by atoms with Crippen LogP contribution in [0.4, 0.5) is 0 Å². The topological polar surface area (TPSA) is 75.3 Å². The van der Waals surface area contributed by atoms with Gasteiger partial charge in [0.05, 0.1) is 11.4 Å². The molecule has 0 fully saturated rings. The summed E-state index contributed by atoms with van der Waals surface area (Å²) in [6.07, 6.45) is 1.67. The Balaban J connectivity index is 2.15. The maximum absolute atomic E-state index is 12.7. The van der Waals surface area contributed by atoms with E-state index in [1.54, 1.807) is 27.0 Å². The molecule has 0 radical (unpaired) electrons. The van der Waals surface area contributed by atoms with Gasteiger partial charge in [0.1, 0.15) is 17.3 Å². The van der Waals surface area contributed by atoms with Crippen LogP contribution in [0.1, 0.15) is 17.0 Å². The van der Waals surface area contributed by atoms with E-state index < -0.39 is 10.0 Å². The van der Waals surface area contributed by atoms with E-state index in [2.05, 4.69) is 16.8 Å². The summed E-state index contributed by atoms with van der Waals surface area (Å²) in [5.74, 6) is 0.723. The van der Waals surface area contributed by atoms with Gasteiger partial charge in [0.25, 0.3) is 0 Å². The van der Waals surface area contributed by atoms with Gasteiger partial charge in [-0.1, -0.05) is 24.8 Å². The van der Waals surface area contributed by atoms with Crippen LogP contribution in [0.25, 0.3) is 0 Å². The number of nitrogens with zero attached hydrogens (tertiary/aromatic N) is 2. The molecule has 0 aliphatic rings. The van der Waals surface area contributed by atoms with Crippen LogP contribution in [0.3, 0.4) is 0 Å². The van der Waals surface area contributed by atoms with Crippen molar-refractivity contribution in [2.75, 3.05) is 13.7 Å². The molecule has 1 aromatic carbocycles. The molecule has 0 spiro atoms. The first-order valence-electron chi connectivity index (χ1n) is 7.16. The number of aryl methyl sites for hydroxylation is 2. The Labute approximate surface area is 136 Å². The van der Waals surface area contributed by atoms with Crippen LogP contribution in [0.2, 0.25) is 0 Å². The molecule has 0 unspecified atom stereocenters. The van der Waals surface area contributed by atoms with Crippen molar-refractivity contribution in [1.82, 2.24) is 14.5 Å². The van der Waals surface area contributed by atoms with Gasteiger partial charge in [-0.3, -0.25) is 5.10 Å². The summed E-state index contributed by atoms with van der Waals surface area (Å²) in [6.45, 7) is 7.68. The van der Waals surface area contributed by atoms with Crippen LogP contribution in [-0.2, 0) is 16.6 Å². The zero-order valence-corrected chi connectivity index (χ0v) is 14.4. The number of nitrogens with one attached hydrogen (secondary N) is 1. The summed E-state index contributed by atoms with van der Waals surface area (Å²) in [4.78, 5) is 0.242. The maximum atomic E-state index is 12.7. The highest BCUT2D eigenvalue weighted by atomic mass is 32.2. The molecule has 0 amide bonds. The summed E-state index contributed by atoms with van der Waals surface area (Å²) in [5.41, 5.74) is 1.89. The van der Waals surface area contributed by atoms with Crippen LogP contribution in [0, 0.1) is 13.8 Å². The average molecular weight is 335 g/mol. The lowest BCUT2D eigenvalue weighted by atomic mass is 10.2. The molecule has 0 bridgehead atoms. The second kappa shape index (κ2) is 6.97. The Kier molecular flexibility index (Phi) is 5.23. The number of ether oxygens (including phenoxy) is 1. The van der Waals surface area contributed by atoms with Crippen LogP contribution in [-0.4, -0.2) is 36.6 Å². The van der Waals surface area contributed by atoms with Crippen molar-refractivity contribution in [2.45, 2.75) is 25.3 Å². The zero-order valence-electron chi connectivity index (χ0n) is 13.5. The minimum Gasteiger partial charge on any atom is -0.490 e. The van der Waals surface area contributed by atoms with Gasteiger partial charge >= 0.3 is 0 Å². The largest absolute Gasteiger partial charge is 0.490 e. The van der Waals surface area contributed by atoms with E-state index >= 15 is 0 Å². The minimum atomic E-state index is -3.58. The van der Waals surface area contributed by atoms with Crippen molar-refractivity contribution in [2.24, 2.45) is 0 Å². The highest BCUT2D eigenvalue weighted by Crippen LogP contribution is 2.22. The summed E-state index contributed by atoms with van der Waals surface area (Å²) < 4.78 is 32.1. The van der Waals surface area contributed by atoms with Gasteiger partial charge in [-0.15, -0.1) is 0 Å². The fourth-order valence-corrected chi connectivity index (χ4v) is 3.75. The Hall–Kier alpha value is -2.12. The molecule has 2 aromatic rings. The van der Waals surface area contributed by atoms with E-state index in [0.717, 1.165) is 11.3 Å². The molecular weight excluding hydrogens is 314 g/mol. The number of hydrogen-bond donors (Lipinski definition) is 1. The van der Waals surface area contributed by atoms with E-state index in [-0.39, 0.29) is 11.4 Å². The van der Waals surface area contributed by atoms with Gasteiger partial charge in [-0.05, 0) is 31.5 Å². The van der Waals surface area contributed by atoms with Crippen molar-refractivity contribution in [3.05, 3.63) is 53.9 Å². The lowest BCUT2D eigenvalue weighted by Gasteiger charge is -2.17. The molecule has 124 valence electrons. The molecule has 6 nitrogen and oxygen atoms in total. The van der Waals surface area contributed by atoms with E-state index in [4.69, 9.17) is 4.74 Å². The Morgan fingerprint density at radius 1 is 1.30 bits per heavy atom. The lowest BCUT2D eigenvalue weighted by molar-refractivity contribution is 0.363. The Bertz CT molecular complexity index is 760. The molecule has 7 heteroatoms. The van der Waals surface area contributed by atoms with Crippen molar-refractivity contribution in [3.63, 3.8) is 0 Å². The lowest BCUT2D eigenvalue weighted by Crippen LogP contribution is -2.27. The number of aromatic amines is 1. The van der Waals surface area contributed by atoms with E-state index in [0.29, 0.717) is 18.0 Å². The first-order valence-corrected chi connectivity index (χ1v) is 8.60. The Morgan fingerprint density at radius 3 is 2.48 bits per heavy atom. The summed E-state index contributed by atoms with van der Waals surface area (Å²) in [6, 6.07) is 7.32. The first-order chi connectivity index (χ1) is 10.9. The highest BCUT2D eigenvalue weighted by molar-refractivity contribution is 7.89. The molecule has 1 N–H and O–H groups in total. The molecule has 1 aromatic heterocycles. The second-order valence-corrected chi connectivity index (χ2v) is 7.25. The highest BCUT2D eigenvalue weighted by Gasteiger charge is 2.26. The molecule has 1 heterocycles. The van der Waals surface area contributed by atoms with Gasteiger partial charge in [-0.2, -0.15) is 9.40 Å². The third-order valence-corrected chi connectivity index (χ3v) is 5.49. The third-order valence-electron chi connectivity index (χ3n) is 3.43. The van der Waals surface area contributed by atoms with Crippen molar-refractivity contribution in [3.8, 4) is 5.75 Å². The van der Waals surface area contributed by atoms with Crippen molar-refractivity contribution < 1.29 is 13.2 Å². The number of hydrogen-bond acceptors (Lipinski definition) is 4. The van der Waals surface area contributed by atoms with Gasteiger partial charge in [0, 0.05) is 13.6 Å². The van der Waals surface area contributed by atoms with Crippen LogP contribution >= 0.6 is 0 Å². The molecule has 2 rings (SSSR count). The average Bonchev–Trinajstić information content (AvgIpc) is 2.86. The van der Waals surface area contributed by atoms with Crippen LogP contribution < -0.4 is 4.74 Å². The molecule has 0 aliphatic carbocycles. The van der Waals surface area contributed by atoms with E-state index in [1.165, 1.54) is 4.31 Å². The standard InChI is InChI=1S/C16H21N3O3S/c1-5-10-22-15-8-6-14(7-9-15)11-19(4)23(20,21)16-12(2)17-18-13(16)3/h5-9H,1,10-11H2,2-4H3,(H,17,18). The molecule has 0 saturated heterocycles. The van der Waals surface area contributed by atoms with Crippen molar-refractivity contribution >= 4 is 10.0 Å². The quantitative estimate of drug-likeness (QED) is 0.789. The number of aromatic nitrogens is 2. The number of sulfonamides is 1. The smallest absolute Gasteiger partial charge is 0.246 e. The van der Waals surface area contributed by atoms with Crippen molar-refractivity contribution in [1.29, 1.82) is 0 Å². The van der Waals surface area contributed by atoms with Gasteiger partial charge < -0.3 is 4.74 Å². The molecule has 23 heavy (non-hydrogen) atoms. The van der Waals surface area contributed by atoms with Gasteiger partial charge in [0.15, 0.2) is 0 Å². The number of H-pyrrole nitrogens is 1. The molecule has 0 atom stereocenters. The Morgan fingerprint density at radius 2 is 1.96 bits per heavy atom. The predicted octanol–water partition coefficient (Wildman–Crippen LogP) is 2.41. The zero-order chi connectivity index (χ0) is 17.0. The molecular formula is C16H21N3O3S. The maximum Gasteiger partial charge on any atom is 0.246 e. The normalized spacial score (nSPS) is 11.7. The monoisotopic (exact) mass is 335 g/mol. The molecule has 0 saturated carbocycles. The minimum absolute atomic E-state index is 0.242. The van der Waals surface area contributed by atoms with Gasteiger partial charge in [0.2, 0.25) is 10.0 Å². The van der Waals surface area contributed by atoms with Crippen LogP contribution in [0.15, 0.2) is 41.8 Å². The summed E-state index contributed by atoms with van der Waals surface area (Å²) >= 11 is 0. The van der Waals surface area contributed by atoms with E-state index in [1.807, 2.05) is 24.3 Å². The number of rotatable bonds is 7. The fourth-order valence-electron chi connectivity index (χ4n) is 2.26. The fraction of sp³-hybridized carbons (Fsp3) is 0.312. The predicted molar refractivity (Wildman–Crippen MR) is 88.8 cm³/mol. The number of benzene rings is 1. The molecule has 0 aliphatic heterocycles. The SMILES string of the molecule is C=CCOc1ccc(CN(C)S(=O)(=O)c2c(C)n[nH]c2C)cc1. The first kappa shape index (κ1) is 17.2. The summed E-state index contributed by atoms with van der Waals surface area (Å²) in [7, 11) is -2.03. The summed E-state index contributed by atoms with van der Waals surface area (Å²) in [5, 5.41) is 6.66.